The number of alkyl halides is 5. The summed E-state index contributed by atoms with van der Waals surface area (Å²) in [5.41, 5.74) is 0. The summed E-state index contributed by atoms with van der Waals surface area (Å²) >= 11 is 0. The lowest BCUT2D eigenvalue weighted by Crippen LogP contribution is -2.37. The van der Waals surface area contributed by atoms with Gasteiger partial charge in [0.05, 0.1) is 0 Å². The van der Waals surface area contributed by atoms with Crippen LogP contribution in [0.2, 0.25) is 0 Å². The molecule has 10 heteroatoms. The van der Waals surface area contributed by atoms with E-state index >= 15 is 0 Å². The number of rotatable bonds is 2. The Morgan fingerprint density at radius 3 is 1.42 bits per heavy atom. The SMILES string of the molecule is O=P(F)(F)OC(F)(F)C(F)(F)F. The first-order chi connectivity index (χ1) is 4.96. The van der Waals surface area contributed by atoms with Gasteiger partial charge in [0.15, 0.2) is 0 Å². The molecule has 0 N–H and O–H groups in total. The highest BCUT2D eigenvalue weighted by atomic mass is 31.2. The van der Waals surface area contributed by atoms with Crippen molar-refractivity contribution < 1.29 is 39.4 Å². The van der Waals surface area contributed by atoms with Crippen LogP contribution in [-0.4, -0.2) is 12.3 Å². The molecule has 0 radical (unpaired) electrons. The summed E-state index contributed by atoms with van der Waals surface area (Å²) in [7, 11) is -6.85. The topological polar surface area (TPSA) is 26.3 Å². The third kappa shape index (κ3) is 3.40. The van der Waals surface area contributed by atoms with Gasteiger partial charge in [0.1, 0.15) is 0 Å². The van der Waals surface area contributed by atoms with E-state index in [2.05, 4.69) is 0 Å². The van der Waals surface area contributed by atoms with Gasteiger partial charge in [-0.1, -0.05) is 0 Å². The van der Waals surface area contributed by atoms with E-state index in [1.54, 1.807) is 4.52 Å². The lowest BCUT2D eigenvalue weighted by atomic mass is 10.6. The van der Waals surface area contributed by atoms with Crippen LogP contribution in [-0.2, 0) is 9.09 Å². The van der Waals surface area contributed by atoms with E-state index in [-0.39, 0.29) is 0 Å². The van der Waals surface area contributed by atoms with Crippen LogP contribution in [0.25, 0.3) is 0 Å². The van der Waals surface area contributed by atoms with Crippen molar-refractivity contribution >= 4 is 7.99 Å². The highest BCUT2D eigenvalue weighted by molar-refractivity contribution is 7.47. The summed E-state index contributed by atoms with van der Waals surface area (Å²) in [4.78, 5) is 0. The fourth-order valence-corrected chi connectivity index (χ4v) is 0.556. The minimum atomic E-state index is -6.85. The Balaban J connectivity index is 4.56. The highest BCUT2D eigenvalue weighted by Gasteiger charge is 2.63. The lowest BCUT2D eigenvalue weighted by Gasteiger charge is -2.17. The van der Waals surface area contributed by atoms with Gasteiger partial charge in [-0.2, -0.15) is 22.0 Å². The largest absolute Gasteiger partial charge is 0.557 e. The smallest absolute Gasteiger partial charge is 0.218 e. The molecule has 0 rings (SSSR count). The summed E-state index contributed by atoms with van der Waals surface area (Å²) in [5, 5.41) is 0. The van der Waals surface area contributed by atoms with Crippen LogP contribution >= 0.6 is 7.99 Å². The molecule has 0 saturated heterocycles. The number of halogens is 7. The molecule has 74 valence electrons. The average molecular weight is 220 g/mol. The van der Waals surface area contributed by atoms with Crippen molar-refractivity contribution in [2.45, 2.75) is 12.3 Å². The number of hydrogen-bond acceptors (Lipinski definition) is 2. The lowest BCUT2D eigenvalue weighted by molar-refractivity contribution is -0.363. The Bertz CT molecular complexity index is 202. The molecule has 0 saturated carbocycles. The Hall–Kier alpha value is -0.300. The van der Waals surface area contributed by atoms with Crippen molar-refractivity contribution in [3.05, 3.63) is 0 Å². The maximum absolute atomic E-state index is 11.4. The molecule has 0 heterocycles. The quantitative estimate of drug-likeness (QED) is 0.527. The zero-order valence-corrected chi connectivity index (χ0v) is 5.80. The van der Waals surface area contributed by atoms with Crippen LogP contribution in [0.1, 0.15) is 0 Å². The molecular weight excluding hydrogens is 220 g/mol. The summed E-state index contributed by atoms with van der Waals surface area (Å²) in [6, 6.07) is 0. The normalized spacial score (nSPS) is 14.9. The third-order valence-electron chi connectivity index (χ3n) is 0.551. The summed E-state index contributed by atoms with van der Waals surface area (Å²) < 4.78 is 89.1. The van der Waals surface area contributed by atoms with E-state index in [0.29, 0.717) is 0 Å². The van der Waals surface area contributed by atoms with E-state index < -0.39 is 20.3 Å². The first-order valence-corrected chi connectivity index (χ1v) is 3.51. The Morgan fingerprint density at radius 2 is 1.33 bits per heavy atom. The molecule has 12 heavy (non-hydrogen) atoms. The predicted octanol–water partition coefficient (Wildman–Crippen LogP) is 3.21. The van der Waals surface area contributed by atoms with Gasteiger partial charge in [0.25, 0.3) is 0 Å². The maximum atomic E-state index is 11.4. The average Bonchev–Trinajstić information content (AvgIpc) is 1.52. The monoisotopic (exact) mass is 220 g/mol. The molecule has 0 aromatic rings. The van der Waals surface area contributed by atoms with Crippen LogP contribution < -0.4 is 0 Å². The van der Waals surface area contributed by atoms with Crippen LogP contribution in [0.5, 0.6) is 0 Å². The van der Waals surface area contributed by atoms with Crippen molar-refractivity contribution in [1.82, 2.24) is 0 Å². The Morgan fingerprint density at radius 1 is 1.00 bits per heavy atom. The molecule has 0 aliphatic rings. The number of hydrogen-bond donors (Lipinski definition) is 0. The third-order valence-corrected chi connectivity index (χ3v) is 0.993. The van der Waals surface area contributed by atoms with Gasteiger partial charge >= 0.3 is 20.3 Å². The van der Waals surface area contributed by atoms with Crippen LogP contribution in [0, 0.1) is 0 Å². The van der Waals surface area contributed by atoms with Gasteiger partial charge in [-0.3, -0.25) is 0 Å². The standard InChI is InChI=1S/C2F7O2P/c3-1(4,5)2(6,7)11-12(8,9)10. The van der Waals surface area contributed by atoms with Gasteiger partial charge < -0.3 is 0 Å². The van der Waals surface area contributed by atoms with E-state index in [1.165, 1.54) is 0 Å². The zero-order chi connectivity index (χ0) is 10.2. The molecule has 0 aromatic carbocycles. The van der Waals surface area contributed by atoms with Crippen molar-refractivity contribution in [1.29, 1.82) is 0 Å². The minimum absolute atomic E-state index is 1.75. The fraction of sp³-hybridized carbons (Fsp3) is 1.00. The van der Waals surface area contributed by atoms with Crippen LogP contribution in [0.4, 0.5) is 30.3 Å². The first kappa shape index (κ1) is 11.7. The van der Waals surface area contributed by atoms with Gasteiger partial charge in [-0.15, -0.1) is 8.39 Å². The molecule has 0 amide bonds. The van der Waals surface area contributed by atoms with Crippen molar-refractivity contribution in [3.63, 3.8) is 0 Å². The molecule has 2 nitrogen and oxygen atoms in total. The molecule has 0 unspecified atom stereocenters. The molecule has 0 aliphatic carbocycles. The minimum Gasteiger partial charge on any atom is -0.218 e. The summed E-state index contributed by atoms with van der Waals surface area (Å²) in [5.74, 6) is 0. The van der Waals surface area contributed by atoms with Crippen LogP contribution in [0.15, 0.2) is 0 Å². The van der Waals surface area contributed by atoms with Crippen molar-refractivity contribution in [2.24, 2.45) is 0 Å². The van der Waals surface area contributed by atoms with Crippen molar-refractivity contribution in [3.8, 4) is 0 Å². The maximum Gasteiger partial charge on any atom is 0.557 e. The fourth-order valence-electron chi connectivity index (χ4n) is 0.185. The van der Waals surface area contributed by atoms with Gasteiger partial charge in [-0.25, -0.2) is 9.09 Å². The summed E-state index contributed by atoms with van der Waals surface area (Å²) in [6.07, 6.45) is -12.4. The molecule has 0 spiro atoms. The predicted molar refractivity (Wildman–Crippen MR) is 21.9 cm³/mol. The second-order valence-electron chi connectivity index (χ2n) is 1.52. The van der Waals surface area contributed by atoms with E-state index in [9.17, 15) is 30.3 Å². The van der Waals surface area contributed by atoms with Gasteiger partial charge in [0, 0.05) is 0 Å². The molecule has 0 bridgehead atoms. The Labute approximate surface area is 61.0 Å². The second-order valence-corrected chi connectivity index (χ2v) is 2.53. The van der Waals surface area contributed by atoms with E-state index in [4.69, 9.17) is 4.57 Å². The van der Waals surface area contributed by atoms with Crippen molar-refractivity contribution in [2.75, 3.05) is 0 Å². The molecule has 0 fully saturated rings. The van der Waals surface area contributed by atoms with E-state index in [1.807, 2.05) is 0 Å². The Kier molecular flexibility index (Phi) is 2.81. The molecule has 0 aromatic heterocycles. The molecule has 0 atom stereocenters. The highest BCUT2D eigenvalue weighted by Crippen LogP contribution is 2.57. The second kappa shape index (κ2) is 2.88. The van der Waals surface area contributed by atoms with E-state index in [0.717, 1.165) is 0 Å². The van der Waals surface area contributed by atoms with Gasteiger partial charge in [-0.05, 0) is 0 Å². The zero-order valence-electron chi connectivity index (χ0n) is 4.91. The summed E-state index contributed by atoms with van der Waals surface area (Å²) in [6.45, 7) is 0. The first-order valence-electron chi connectivity index (χ1n) is 2.10. The van der Waals surface area contributed by atoms with Gasteiger partial charge in [0.2, 0.25) is 0 Å². The molecule has 0 aliphatic heterocycles. The van der Waals surface area contributed by atoms with Crippen LogP contribution in [0.3, 0.4) is 0 Å². The molecular formula is C2F7O2P.